The van der Waals surface area contributed by atoms with Crippen LogP contribution in [0, 0.1) is 0 Å². The minimum Gasteiger partial charge on any atom is -0.392 e. The third-order valence-electron chi connectivity index (χ3n) is 3.25. The first-order valence-corrected chi connectivity index (χ1v) is 6.94. The van der Waals surface area contributed by atoms with Crippen LogP contribution in [0.5, 0.6) is 0 Å². The lowest BCUT2D eigenvalue weighted by Crippen LogP contribution is -2.23. The monoisotopic (exact) mass is 262 g/mol. The largest absolute Gasteiger partial charge is 0.392 e. The van der Waals surface area contributed by atoms with E-state index in [1.807, 2.05) is 24.3 Å². The Morgan fingerprint density at radius 1 is 1.32 bits per heavy atom. The van der Waals surface area contributed by atoms with E-state index < -0.39 is 0 Å². The van der Waals surface area contributed by atoms with Gasteiger partial charge in [-0.2, -0.15) is 0 Å². The number of aliphatic hydroxyl groups excluding tert-OH is 1. The second-order valence-electron chi connectivity index (χ2n) is 4.81. The van der Waals surface area contributed by atoms with Crippen molar-refractivity contribution in [2.75, 3.05) is 19.8 Å². The molecule has 1 N–H and O–H groups in total. The summed E-state index contributed by atoms with van der Waals surface area (Å²) >= 11 is 0. The van der Waals surface area contributed by atoms with Crippen molar-refractivity contribution in [1.29, 1.82) is 0 Å². The lowest BCUT2D eigenvalue weighted by Gasteiger charge is -2.23. The summed E-state index contributed by atoms with van der Waals surface area (Å²) in [5.74, 6) is 0. The first-order valence-electron chi connectivity index (χ1n) is 6.94. The van der Waals surface area contributed by atoms with Crippen LogP contribution in [0.3, 0.4) is 0 Å². The van der Waals surface area contributed by atoms with Crippen LogP contribution < -0.4 is 0 Å². The molecule has 3 nitrogen and oxygen atoms in total. The van der Waals surface area contributed by atoms with Crippen LogP contribution in [0.25, 0.3) is 0 Å². The van der Waals surface area contributed by atoms with Crippen molar-refractivity contribution >= 4 is 0 Å². The minimum atomic E-state index is -0.0772. The van der Waals surface area contributed by atoms with Gasteiger partial charge in [-0.05, 0) is 36.8 Å². The predicted molar refractivity (Wildman–Crippen MR) is 74.9 cm³/mol. The van der Waals surface area contributed by atoms with Crippen molar-refractivity contribution in [3.05, 3.63) is 47.5 Å². The molecule has 1 aliphatic rings. The molecule has 1 fully saturated rings. The molecule has 1 aliphatic heterocycles. The molecule has 19 heavy (non-hydrogen) atoms. The summed E-state index contributed by atoms with van der Waals surface area (Å²) in [7, 11) is 0. The Morgan fingerprint density at radius 3 is 2.84 bits per heavy atom. The topological polar surface area (TPSA) is 38.7 Å². The van der Waals surface area contributed by atoms with Gasteiger partial charge in [-0.1, -0.05) is 36.4 Å². The summed E-state index contributed by atoms with van der Waals surface area (Å²) < 4.78 is 11.3. The van der Waals surface area contributed by atoms with Gasteiger partial charge in [0.25, 0.3) is 0 Å². The molecule has 0 spiro atoms. The Bertz CT molecular complexity index is 380. The Labute approximate surface area is 114 Å². The SMILES string of the molecule is OC/C=C(/COC1CCCCO1)Cc1ccccc1. The molecular weight excluding hydrogens is 240 g/mol. The fourth-order valence-electron chi connectivity index (χ4n) is 2.21. The maximum absolute atomic E-state index is 9.09. The lowest BCUT2D eigenvalue weighted by molar-refractivity contribution is -0.157. The van der Waals surface area contributed by atoms with Crippen molar-refractivity contribution in [2.24, 2.45) is 0 Å². The number of rotatable bonds is 6. The molecule has 1 unspecified atom stereocenters. The molecule has 1 atom stereocenters. The van der Waals surface area contributed by atoms with Gasteiger partial charge in [-0.15, -0.1) is 0 Å². The number of hydrogen-bond donors (Lipinski definition) is 1. The molecule has 0 aliphatic carbocycles. The zero-order valence-corrected chi connectivity index (χ0v) is 11.3. The molecular formula is C16H22O3. The highest BCUT2D eigenvalue weighted by Crippen LogP contribution is 2.16. The van der Waals surface area contributed by atoms with Crippen molar-refractivity contribution in [1.82, 2.24) is 0 Å². The molecule has 1 aromatic rings. The van der Waals surface area contributed by atoms with Crippen LogP contribution >= 0.6 is 0 Å². The number of ether oxygens (including phenoxy) is 2. The number of aliphatic hydroxyl groups is 1. The van der Waals surface area contributed by atoms with Crippen LogP contribution in [0.1, 0.15) is 24.8 Å². The second-order valence-corrected chi connectivity index (χ2v) is 4.81. The van der Waals surface area contributed by atoms with Crippen molar-refractivity contribution in [3.63, 3.8) is 0 Å². The first kappa shape index (κ1) is 14.3. The van der Waals surface area contributed by atoms with Gasteiger partial charge in [0.05, 0.1) is 13.2 Å². The van der Waals surface area contributed by atoms with E-state index >= 15 is 0 Å². The predicted octanol–water partition coefficient (Wildman–Crippen LogP) is 2.69. The van der Waals surface area contributed by atoms with Crippen LogP contribution in [-0.4, -0.2) is 31.2 Å². The quantitative estimate of drug-likeness (QED) is 0.801. The van der Waals surface area contributed by atoms with Crippen molar-refractivity contribution < 1.29 is 14.6 Å². The highest BCUT2D eigenvalue weighted by atomic mass is 16.7. The van der Waals surface area contributed by atoms with Gasteiger partial charge in [0, 0.05) is 6.61 Å². The molecule has 0 amide bonds. The van der Waals surface area contributed by atoms with Gasteiger partial charge in [0.2, 0.25) is 0 Å². The smallest absolute Gasteiger partial charge is 0.158 e. The van der Waals surface area contributed by atoms with E-state index in [4.69, 9.17) is 14.6 Å². The number of benzene rings is 1. The van der Waals surface area contributed by atoms with E-state index in [1.165, 1.54) is 12.0 Å². The molecule has 0 saturated carbocycles. The summed E-state index contributed by atoms with van der Waals surface area (Å²) in [6, 6.07) is 10.2. The van der Waals surface area contributed by atoms with Gasteiger partial charge in [0.1, 0.15) is 0 Å². The minimum absolute atomic E-state index is 0.0526. The average molecular weight is 262 g/mol. The maximum atomic E-state index is 9.09. The summed E-state index contributed by atoms with van der Waals surface area (Å²) in [6.07, 6.45) is 5.83. The summed E-state index contributed by atoms with van der Waals surface area (Å²) in [5.41, 5.74) is 2.33. The molecule has 1 saturated heterocycles. The van der Waals surface area contributed by atoms with E-state index in [0.717, 1.165) is 31.4 Å². The Balaban J connectivity index is 1.84. The van der Waals surface area contributed by atoms with E-state index in [9.17, 15) is 0 Å². The molecule has 1 heterocycles. The highest BCUT2D eigenvalue weighted by molar-refractivity contribution is 5.22. The zero-order valence-electron chi connectivity index (χ0n) is 11.3. The molecule has 0 radical (unpaired) electrons. The van der Waals surface area contributed by atoms with Crippen LogP contribution in [0.2, 0.25) is 0 Å². The third kappa shape index (κ3) is 5.15. The van der Waals surface area contributed by atoms with E-state index in [0.29, 0.717) is 6.61 Å². The van der Waals surface area contributed by atoms with Gasteiger partial charge in [0.15, 0.2) is 6.29 Å². The zero-order chi connectivity index (χ0) is 13.3. The van der Waals surface area contributed by atoms with Gasteiger partial charge < -0.3 is 14.6 Å². The molecule has 0 aromatic heterocycles. The van der Waals surface area contributed by atoms with Crippen LogP contribution in [-0.2, 0) is 15.9 Å². The maximum Gasteiger partial charge on any atom is 0.158 e. The average Bonchev–Trinajstić information content (AvgIpc) is 2.47. The Hall–Kier alpha value is -1.16. The normalized spacial score (nSPS) is 20.5. The summed E-state index contributed by atoms with van der Waals surface area (Å²) in [6.45, 7) is 1.37. The Morgan fingerprint density at radius 2 is 2.16 bits per heavy atom. The Kier molecular flexibility index (Phi) is 6.08. The van der Waals surface area contributed by atoms with Crippen LogP contribution in [0.4, 0.5) is 0 Å². The van der Waals surface area contributed by atoms with E-state index in [-0.39, 0.29) is 12.9 Å². The fraction of sp³-hybridized carbons (Fsp3) is 0.500. The summed E-state index contributed by atoms with van der Waals surface area (Å²) in [4.78, 5) is 0. The van der Waals surface area contributed by atoms with Crippen LogP contribution in [0.15, 0.2) is 42.0 Å². The molecule has 0 bridgehead atoms. The van der Waals surface area contributed by atoms with Gasteiger partial charge in [-0.25, -0.2) is 0 Å². The second kappa shape index (κ2) is 8.10. The molecule has 2 rings (SSSR count). The molecule has 104 valence electrons. The number of hydrogen-bond acceptors (Lipinski definition) is 3. The van der Waals surface area contributed by atoms with E-state index in [2.05, 4.69) is 12.1 Å². The molecule has 1 aromatic carbocycles. The van der Waals surface area contributed by atoms with Crippen molar-refractivity contribution in [2.45, 2.75) is 32.0 Å². The van der Waals surface area contributed by atoms with Crippen molar-refractivity contribution in [3.8, 4) is 0 Å². The fourth-order valence-corrected chi connectivity index (χ4v) is 2.21. The van der Waals surface area contributed by atoms with Gasteiger partial charge in [-0.3, -0.25) is 0 Å². The van der Waals surface area contributed by atoms with E-state index in [1.54, 1.807) is 0 Å². The molecule has 3 heteroatoms. The highest BCUT2D eigenvalue weighted by Gasteiger charge is 2.14. The third-order valence-corrected chi connectivity index (χ3v) is 3.25. The summed E-state index contributed by atoms with van der Waals surface area (Å²) in [5, 5.41) is 9.09. The first-order chi connectivity index (χ1) is 9.38. The van der Waals surface area contributed by atoms with Gasteiger partial charge >= 0.3 is 0 Å². The standard InChI is InChI=1S/C16H22O3/c17-10-9-15(12-14-6-2-1-3-7-14)13-19-16-8-4-5-11-18-16/h1-3,6-7,9,16-17H,4-5,8,10-13H2/b15-9+. The lowest BCUT2D eigenvalue weighted by atomic mass is 10.1.